The van der Waals surface area contributed by atoms with Gasteiger partial charge in [-0.05, 0) is 53.5 Å². The average molecular weight is 379 g/mol. The highest BCUT2D eigenvalue weighted by Gasteiger charge is 2.30. The Kier molecular flexibility index (Phi) is 6.26. The number of alkyl halides is 3. The molecule has 2 rings (SSSR count). The number of anilines is 1. The highest BCUT2D eigenvalue weighted by molar-refractivity contribution is 7.80. The van der Waals surface area contributed by atoms with Crippen molar-refractivity contribution in [3.63, 3.8) is 0 Å². The summed E-state index contributed by atoms with van der Waals surface area (Å²) in [6.07, 6.45) is -4.40. The summed E-state index contributed by atoms with van der Waals surface area (Å²) in [5, 5.41) is 3.26. The predicted octanol–water partition coefficient (Wildman–Crippen LogP) is 5.29. The number of thiocarbonyl (C=S) groups is 1. The van der Waals surface area contributed by atoms with E-state index in [1.807, 2.05) is 24.3 Å². The summed E-state index contributed by atoms with van der Waals surface area (Å²) < 4.78 is 38.3. The van der Waals surface area contributed by atoms with Crippen molar-refractivity contribution in [2.45, 2.75) is 25.9 Å². The first-order valence-corrected chi connectivity index (χ1v) is 8.37. The van der Waals surface area contributed by atoms with Crippen molar-refractivity contribution in [2.24, 2.45) is 0 Å². The zero-order valence-electron chi connectivity index (χ0n) is 14.4. The van der Waals surface area contributed by atoms with E-state index in [9.17, 15) is 13.2 Å². The quantitative estimate of drug-likeness (QED) is 0.487. The number of hydrazine groups is 1. The Labute approximate surface area is 156 Å². The molecule has 3 nitrogen and oxygen atoms in total. The third-order valence-corrected chi connectivity index (χ3v) is 3.90. The maximum Gasteiger partial charge on any atom is 0.416 e. The van der Waals surface area contributed by atoms with Gasteiger partial charge in [-0.3, -0.25) is 10.9 Å². The summed E-state index contributed by atoms with van der Waals surface area (Å²) in [6.45, 7) is 7.95. The Bertz CT molecular complexity index is 783. The average Bonchev–Trinajstić information content (AvgIpc) is 2.59. The largest absolute Gasteiger partial charge is 0.416 e. The van der Waals surface area contributed by atoms with Crippen LogP contribution in [0.15, 0.2) is 55.1 Å². The van der Waals surface area contributed by atoms with Crippen LogP contribution in [0.25, 0.3) is 5.70 Å². The lowest BCUT2D eigenvalue weighted by Gasteiger charge is -2.16. The minimum atomic E-state index is -4.40. The van der Waals surface area contributed by atoms with Crippen molar-refractivity contribution >= 4 is 28.7 Å². The topological polar surface area (TPSA) is 36.1 Å². The highest BCUT2D eigenvalue weighted by atomic mass is 32.1. The van der Waals surface area contributed by atoms with Crippen LogP contribution in [0.3, 0.4) is 0 Å². The molecule has 0 bridgehead atoms. The fraction of sp³-hybridized carbons (Fsp3) is 0.211. The second-order valence-electron chi connectivity index (χ2n) is 6.04. The van der Waals surface area contributed by atoms with Crippen LogP contribution < -0.4 is 16.2 Å². The third kappa shape index (κ3) is 5.49. The Balaban J connectivity index is 1.91. The highest BCUT2D eigenvalue weighted by Crippen LogP contribution is 2.30. The van der Waals surface area contributed by atoms with Gasteiger partial charge in [0, 0.05) is 5.69 Å². The van der Waals surface area contributed by atoms with Gasteiger partial charge in [0.05, 0.1) is 11.3 Å². The maximum absolute atomic E-state index is 12.8. The number of halogens is 3. The second kappa shape index (κ2) is 8.23. The minimum Gasteiger partial charge on any atom is -0.331 e. The van der Waals surface area contributed by atoms with E-state index in [4.69, 9.17) is 12.2 Å². The SMILES string of the molecule is C=C(NNC(=S)Nc1ccc(C(C)C)cc1)c1cccc(C(F)(F)F)c1. The molecule has 0 aromatic heterocycles. The van der Waals surface area contributed by atoms with Crippen LogP contribution in [0.5, 0.6) is 0 Å². The summed E-state index contributed by atoms with van der Waals surface area (Å²) in [4.78, 5) is 0. The Hall–Kier alpha value is -2.54. The minimum absolute atomic E-state index is 0.274. The molecule has 138 valence electrons. The molecule has 0 heterocycles. The molecule has 0 aliphatic carbocycles. The molecule has 0 atom stereocenters. The van der Waals surface area contributed by atoms with Gasteiger partial charge in [-0.15, -0.1) is 0 Å². The lowest BCUT2D eigenvalue weighted by Crippen LogP contribution is -2.38. The van der Waals surface area contributed by atoms with Crippen LogP contribution >= 0.6 is 12.2 Å². The Morgan fingerprint density at radius 1 is 1.04 bits per heavy atom. The van der Waals surface area contributed by atoms with Gasteiger partial charge in [0.2, 0.25) is 0 Å². The molecule has 0 amide bonds. The normalized spacial score (nSPS) is 11.2. The third-order valence-electron chi connectivity index (χ3n) is 3.70. The number of nitrogens with one attached hydrogen (secondary N) is 3. The maximum atomic E-state index is 12.8. The van der Waals surface area contributed by atoms with Gasteiger partial charge in [0.1, 0.15) is 0 Å². The van der Waals surface area contributed by atoms with E-state index in [1.54, 1.807) is 0 Å². The number of benzene rings is 2. The van der Waals surface area contributed by atoms with Gasteiger partial charge in [0.25, 0.3) is 0 Å². The van der Waals surface area contributed by atoms with Crippen molar-refractivity contribution < 1.29 is 13.2 Å². The first-order valence-electron chi connectivity index (χ1n) is 7.96. The van der Waals surface area contributed by atoms with Crippen molar-refractivity contribution in [1.82, 2.24) is 10.9 Å². The summed E-state index contributed by atoms with van der Waals surface area (Å²) in [6, 6.07) is 12.7. The molecule has 7 heteroatoms. The van der Waals surface area contributed by atoms with E-state index in [0.717, 1.165) is 17.8 Å². The van der Waals surface area contributed by atoms with Crippen LogP contribution in [0.2, 0.25) is 0 Å². The number of hydrogen-bond acceptors (Lipinski definition) is 2. The zero-order valence-corrected chi connectivity index (χ0v) is 15.3. The first-order chi connectivity index (χ1) is 12.2. The Morgan fingerprint density at radius 2 is 1.69 bits per heavy atom. The van der Waals surface area contributed by atoms with Crippen molar-refractivity contribution in [2.75, 3.05) is 5.32 Å². The summed E-state index contributed by atoms with van der Waals surface area (Å²) >= 11 is 5.17. The molecule has 0 saturated heterocycles. The second-order valence-corrected chi connectivity index (χ2v) is 6.45. The van der Waals surface area contributed by atoms with E-state index in [2.05, 4.69) is 36.6 Å². The van der Waals surface area contributed by atoms with E-state index in [1.165, 1.54) is 17.7 Å². The summed E-state index contributed by atoms with van der Waals surface area (Å²) in [7, 11) is 0. The van der Waals surface area contributed by atoms with Gasteiger partial charge >= 0.3 is 6.18 Å². The van der Waals surface area contributed by atoms with Crippen molar-refractivity contribution in [3.8, 4) is 0 Å². The monoisotopic (exact) mass is 379 g/mol. The molecular formula is C19H20F3N3S. The van der Waals surface area contributed by atoms with Crippen molar-refractivity contribution in [3.05, 3.63) is 71.8 Å². The zero-order chi connectivity index (χ0) is 19.3. The van der Waals surface area contributed by atoms with Gasteiger partial charge in [-0.25, -0.2) is 0 Å². The molecule has 0 unspecified atom stereocenters. The molecular weight excluding hydrogens is 359 g/mol. The molecule has 0 spiro atoms. The predicted molar refractivity (Wildman–Crippen MR) is 104 cm³/mol. The van der Waals surface area contributed by atoms with Crippen LogP contribution in [0.1, 0.15) is 36.5 Å². The number of hydrogen-bond donors (Lipinski definition) is 3. The molecule has 3 N–H and O–H groups in total. The van der Waals surface area contributed by atoms with Gasteiger partial charge < -0.3 is 5.32 Å². The van der Waals surface area contributed by atoms with E-state index < -0.39 is 11.7 Å². The van der Waals surface area contributed by atoms with Gasteiger partial charge in [-0.1, -0.05) is 44.7 Å². The van der Waals surface area contributed by atoms with Crippen LogP contribution in [0.4, 0.5) is 18.9 Å². The van der Waals surface area contributed by atoms with Gasteiger partial charge in [0.15, 0.2) is 5.11 Å². The number of rotatable bonds is 5. The van der Waals surface area contributed by atoms with Crippen LogP contribution in [-0.4, -0.2) is 5.11 Å². The lowest BCUT2D eigenvalue weighted by molar-refractivity contribution is -0.137. The smallest absolute Gasteiger partial charge is 0.331 e. The lowest BCUT2D eigenvalue weighted by atomic mass is 10.0. The molecule has 0 aliphatic heterocycles. The molecule has 2 aromatic rings. The van der Waals surface area contributed by atoms with Crippen LogP contribution in [-0.2, 0) is 6.18 Å². The Morgan fingerprint density at radius 3 is 2.27 bits per heavy atom. The fourth-order valence-corrected chi connectivity index (χ4v) is 2.37. The van der Waals surface area contributed by atoms with E-state index in [0.29, 0.717) is 11.5 Å². The van der Waals surface area contributed by atoms with E-state index in [-0.39, 0.29) is 10.8 Å². The standard InChI is InChI=1S/C19H20F3N3S/c1-12(2)14-7-9-17(10-8-14)23-18(26)25-24-13(3)15-5-4-6-16(11-15)19(20,21)22/h4-12,24H,3H2,1-2H3,(H2,23,25,26). The molecule has 2 aromatic carbocycles. The van der Waals surface area contributed by atoms with Crippen molar-refractivity contribution in [1.29, 1.82) is 0 Å². The molecule has 0 aliphatic rings. The summed E-state index contributed by atoms with van der Waals surface area (Å²) in [5.41, 5.74) is 7.30. The molecule has 26 heavy (non-hydrogen) atoms. The first kappa shape index (κ1) is 19.8. The fourth-order valence-electron chi connectivity index (χ4n) is 2.20. The van der Waals surface area contributed by atoms with Crippen LogP contribution in [0, 0.1) is 0 Å². The molecule has 0 saturated carbocycles. The summed E-state index contributed by atoms with van der Waals surface area (Å²) in [5.74, 6) is 0.437. The van der Waals surface area contributed by atoms with E-state index >= 15 is 0 Å². The molecule has 0 fully saturated rings. The van der Waals surface area contributed by atoms with Gasteiger partial charge in [-0.2, -0.15) is 13.2 Å². The molecule has 0 radical (unpaired) electrons.